The molecular formula is C6H10N2OS. The molecule has 1 saturated heterocycles. The van der Waals surface area contributed by atoms with E-state index >= 15 is 0 Å². The van der Waals surface area contributed by atoms with Crippen LogP contribution in [0.5, 0.6) is 0 Å². The molecule has 0 saturated carbocycles. The predicted octanol–water partition coefficient (Wildman–Crippen LogP) is 0.727. The van der Waals surface area contributed by atoms with Gasteiger partial charge in [-0.3, -0.25) is 4.79 Å². The van der Waals surface area contributed by atoms with Crippen LogP contribution in [0.4, 0.5) is 0 Å². The molecule has 0 unspecified atom stereocenters. The van der Waals surface area contributed by atoms with Crippen LogP contribution in [-0.2, 0) is 4.79 Å². The quantitative estimate of drug-likeness (QED) is 0.529. The molecule has 0 radical (unpaired) electrons. The number of thiocyanates is 1. The van der Waals surface area contributed by atoms with Crippen molar-refractivity contribution in [2.45, 2.75) is 12.8 Å². The summed E-state index contributed by atoms with van der Waals surface area (Å²) in [7, 11) is 0. The summed E-state index contributed by atoms with van der Waals surface area (Å²) >= 11 is 1.16. The summed E-state index contributed by atoms with van der Waals surface area (Å²) in [4.78, 5) is 10.1. The van der Waals surface area contributed by atoms with E-state index in [-0.39, 0.29) is 5.91 Å². The maximum Gasteiger partial charge on any atom is 0.220 e. The van der Waals surface area contributed by atoms with Gasteiger partial charge in [0.25, 0.3) is 0 Å². The van der Waals surface area contributed by atoms with Gasteiger partial charge in [-0.05, 0) is 24.4 Å². The molecule has 1 heterocycles. The molecule has 0 aromatic heterocycles. The zero-order chi connectivity index (χ0) is 7.82. The van der Waals surface area contributed by atoms with E-state index in [1.165, 1.54) is 0 Å². The highest BCUT2D eigenvalue weighted by Crippen LogP contribution is 1.93. The Morgan fingerprint density at radius 3 is 2.50 bits per heavy atom. The van der Waals surface area contributed by atoms with Gasteiger partial charge < -0.3 is 5.32 Å². The predicted molar refractivity (Wildman–Crippen MR) is 41.4 cm³/mol. The minimum Gasteiger partial charge on any atom is -0.356 e. The van der Waals surface area contributed by atoms with Gasteiger partial charge in [0.1, 0.15) is 5.40 Å². The molecule has 0 spiro atoms. The van der Waals surface area contributed by atoms with Gasteiger partial charge in [0.15, 0.2) is 0 Å². The minimum absolute atomic E-state index is 0.204. The molecule has 56 valence electrons. The van der Waals surface area contributed by atoms with Crippen LogP contribution in [-0.4, -0.2) is 18.7 Å². The lowest BCUT2D eigenvalue weighted by Gasteiger charge is -1.80. The topological polar surface area (TPSA) is 52.9 Å². The van der Waals surface area contributed by atoms with E-state index in [4.69, 9.17) is 5.26 Å². The fourth-order valence-corrected chi connectivity index (χ4v) is 0.565. The van der Waals surface area contributed by atoms with Crippen LogP contribution in [0, 0.1) is 10.7 Å². The van der Waals surface area contributed by atoms with Gasteiger partial charge in [-0.1, -0.05) is 0 Å². The Hall–Kier alpha value is -0.690. The fraction of sp³-hybridized carbons (Fsp3) is 0.667. The second kappa shape index (κ2) is 6.43. The third-order valence-corrected chi connectivity index (χ3v) is 1.18. The maximum absolute atomic E-state index is 10.1. The largest absolute Gasteiger partial charge is 0.356 e. The van der Waals surface area contributed by atoms with Crippen LogP contribution in [0.3, 0.4) is 0 Å². The Balaban J connectivity index is 0.000000180. The van der Waals surface area contributed by atoms with E-state index in [2.05, 4.69) is 5.32 Å². The molecule has 1 N–H and O–H groups in total. The molecule has 0 aromatic rings. The first-order valence-corrected chi connectivity index (χ1v) is 4.22. The summed E-state index contributed by atoms with van der Waals surface area (Å²) in [6.45, 7) is 0.888. The van der Waals surface area contributed by atoms with Crippen molar-refractivity contribution >= 4 is 17.7 Å². The van der Waals surface area contributed by atoms with Crippen LogP contribution in [0.1, 0.15) is 12.8 Å². The van der Waals surface area contributed by atoms with Crippen molar-refractivity contribution in [1.29, 1.82) is 5.26 Å². The van der Waals surface area contributed by atoms with Gasteiger partial charge in [-0.2, -0.15) is 5.26 Å². The van der Waals surface area contributed by atoms with E-state index in [0.29, 0.717) is 0 Å². The van der Waals surface area contributed by atoms with Crippen molar-refractivity contribution in [3.63, 3.8) is 0 Å². The summed E-state index contributed by atoms with van der Waals surface area (Å²) in [5.74, 6) is 0.204. The number of carbonyl (C=O) groups excluding carboxylic acids is 1. The second-order valence-corrected chi connectivity index (χ2v) is 2.34. The van der Waals surface area contributed by atoms with Crippen molar-refractivity contribution < 1.29 is 4.79 Å². The first kappa shape index (κ1) is 9.31. The van der Waals surface area contributed by atoms with Gasteiger partial charge in [-0.15, -0.1) is 0 Å². The molecule has 10 heavy (non-hydrogen) atoms. The molecule has 3 nitrogen and oxygen atoms in total. The summed E-state index contributed by atoms with van der Waals surface area (Å²) in [6.07, 6.45) is 3.50. The van der Waals surface area contributed by atoms with Crippen LogP contribution in [0.2, 0.25) is 0 Å². The van der Waals surface area contributed by atoms with Crippen molar-refractivity contribution in [3.8, 4) is 5.40 Å². The lowest BCUT2D eigenvalue weighted by molar-refractivity contribution is -0.119. The summed E-state index contributed by atoms with van der Waals surface area (Å²) in [5.41, 5.74) is 0. The Bertz CT molecular complexity index is 133. The molecule has 1 aliphatic rings. The van der Waals surface area contributed by atoms with E-state index in [0.717, 1.165) is 31.1 Å². The highest BCUT2D eigenvalue weighted by atomic mass is 32.2. The van der Waals surface area contributed by atoms with E-state index in [1.54, 1.807) is 6.26 Å². The van der Waals surface area contributed by atoms with Gasteiger partial charge in [0, 0.05) is 13.0 Å². The van der Waals surface area contributed by atoms with Gasteiger partial charge in [0.05, 0.1) is 0 Å². The fourth-order valence-electron chi connectivity index (χ4n) is 0.565. The van der Waals surface area contributed by atoms with Crippen molar-refractivity contribution in [2.75, 3.05) is 12.8 Å². The van der Waals surface area contributed by atoms with Crippen molar-refractivity contribution in [3.05, 3.63) is 0 Å². The summed E-state index contributed by atoms with van der Waals surface area (Å²) in [6, 6.07) is 0. The lowest BCUT2D eigenvalue weighted by Crippen LogP contribution is -2.12. The summed E-state index contributed by atoms with van der Waals surface area (Å²) in [5, 5.41) is 12.1. The van der Waals surface area contributed by atoms with E-state index < -0.39 is 0 Å². The smallest absolute Gasteiger partial charge is 0.220 e. The highest BCUT2D eigenvalue weighted by molar-refractivity contribution is 8.03. The molecule has 0 bridgehead atoms. The average Bonchev–Trinajstić information content (AvgIpc) is 2.40. The molecule has 1 amide bonds. The van der Waals surface area contributed by atoms with Crippen LogP contribution in [0.15, 0.2) is 0 Å². The monoisotopic (exact) mass is 158 g/mol. The van der Waals surface area contributed by atoms with Crippen LogP contribution in [0.25, 0.3) is 0 Å². The molecule has 0 aliphatic carbocycles. The molecule has 0 atom stereocenters. The Labute approximate surface area is 64.8 Å². The molecule has 4 heteroatoms. The molecular weight excluding hydrogens is 148 g/mol. The van der Waals surface area contributed by atoms with Gasteiger partial charge in [-0.25, -0.2) is 0 Å². The number of carbonyl (C=O) groups is 1. The molecule has 1 fully saturated rings. The van der Waals surface area contributed by atoms with E-state index in [9.17, 15) is 4.79 Å². The minimum atomic E-state index is 0.204. The third kappa shape index (κ3) is 5.45. The van der Waals surface area contributed by atoms with Crippen molar-refractivity contribution in [2.24, 2.45) is 0 Å². The SMILES string of the molecule is CSC#N.O=C1CCCN1. The number of rotatable bonds is 0. The second-order valence-electron chi connectivity index (χ2n) is 1.75. The zero-order valence-electron chi connectivity index (χ0n) is 5.89. The van der Waals surface area contributed by atoms with E-state index in [1.807, 2.05) is 5.40 Å². The first-order valence-electron chi connectivity index (χ1n) is 3.00. The Kier molecular flexibility index (Phi) is 5.99. The number of hydrogen-bond acceptors (Lipinski definition) is 3. The molecule has 1 aliphatic heterocycles. The number of thioether (sulfide) groups is 1. The molecule has 1 rings (SSSR count). The van der Waals surface area contributed by atoms with Crippen LogP contribution >= 0.6 is 11.8 Å². The van der Waals surface area contributed by atoms with Gasteiger partial charge >= 0.3 is 0 Å². The van der Waals surface area contributed by atoms with Gasteiger partial charge in [0.2, 0.25) is 5.91 Å². The molecule has 0 aromatic carbocycles. The third-order valence-electron chi connectivity index (χ3n) is 0.994. The standard InChI is InChI=1S/C4H7NO.C2H3NS/c6-4-2-1-3-5-4;1-4-2-3/h1-3H2,(H,5,6);1H3. The first-order chi connectivity index (χ1) is 4.81. The number of nitrogens with zero attached hydrogens (tertiary/aromatic N) is 1. The maximum atomic E-state index is 10.1. The number of amides is 1. The normalized spacial score (nSPS) is 14.6. The number of nitriles is 1. The van der Waals surface area contributed by atoms with Crippen LogP contribution < -0.4 is 5.32 Å². The highest BCUT2D eigenvalue weighted by Gasteiger charge is 2.05. The summed E-state index contributed by atoms with van der Waals surface area (Å²) < 4.78 is 0. The zero-order valence-corrected chi connectivity index (χ0v) is 6.70. The number of hydrogen-bond donors (Lipinski definition) is 1. The average molecular weight is 158 g/mol. The Morgan fingerprint density at radius 2 is 2.40 bits per heavy atom. The number of nitrogens with one attached hydrogen (secondary N) is 1. The van der Waals surface area contributed by atoms with Crippen molar-refractivity contribution in [1.82, 2.24) is 5.32 Å². The lowest BCUT2D eigenvalue weighted by atomic mass is 10.4. The Morgan fingerprint density at radius 1 is 1.80 bits per heavy atom.